The lowest BCUT2D eigenvalue weighted by Crippen LogP contribution is -2.54. The fraction of sp³-hybridized carbons (Fsp3) is 0.962. The zero-order valence-electron chi connectivity index (χ0n) is 40.9. The van der Waals surface area contributed by atoms with E-state index in [1.54, 1.807) is 0 Å². The normalized spacial score (nSPS) is 13.5. The Balaban J connectivity index is 2.75. The summed E-state index contributed by atoms with van der Waals surface area (Å²) in [6.45, 7) is 22.8. The molecule has 7 heteroatoms. The Bertz CT molecular complexity index is 892. The summed E-state index contributed by atoms with van der Waals surface area (Å²) in [7, 11) is 0. The van der Waals surface area contributed by atoms with Crippen LogP contribution >= 0.6 is 0 Å². The highest BCUT2D eigenvalue weighted by Gasteiger charge is 2.26. The number of nitrogens with zero attached hydrogens (tertiary/aromatic N) is 5. The lowest BCUT2D eigenvalue weighted by Gasteiger charge is -2.37. The number of carbonyl (C=O) groups is 2. The molecule has 0 unspecified atom stereocenters. The first-order chi connectivity index (χ1) is 29.0. The molecule has 0 aromatic rings. The van der Waals surface area contributed by atoms with Gasteiger partial charge in [0.2, 0.25) is 11.8 Å². The van der Waals surface area contributed by atoms with Crippen LogP contribution in [0.3, 0.4) is 0 Å². The first kappa shape index (κ1) is 55.8. The lowest BCUT2D eigenvalue weighted by atomic mass is 10.1. The van der Waals surface area contributed by atoms with Gasteiger partial charge in [0, 0.05) is 39.3 Å². The molecule has 0 bridgehead atoms. The van der Waals surface area contributed by atoms with E-state index in [9.17, 15) is 9.59 Å². The zero-order valence-corrected chi connectivity index (χ0v) is 40.9. The van der Waals surface area contributed by atoms with Crippen molar-refractivity contribution >= 4 is 11.8 Å². The summed E-state index contributed by atoms with van der Waals surface area (Å²) in [5, 5.41) is 0. The smallest absolute Gasteiger partial charge is 0.236 e. The second-order valence-corrected chi connectivity index (χ2v) is 18.7. The predicted octanol–water partition coefficient (Wildman–Crippen LogP) is 13.1. The molecule has 0 saturated carbocycles. The molecule has 1 rings (SSSR count). The van der Waals surface area contributed by atoms with Crippen molar-refractivity contribution in [1.82, 2.24) is 24.5 Å². The van der Waals surface area contributed by atoms with Crippen molar-refractivity contribution in [2.24, 2.45) is 0 Å². The summed E-state index contributed by atoms with van der Waals surface area (Å²) < 4.78 is 0. The Morgan fingerprint density at radius 3 is 0.780 bits per heavy atom. The number of unbranched alkanes of at least 4 members (excludes halogenated alkanes) is 27. The maximum absolute atomic E-state index is 13.9. The maximum Gasteiger partial charge on any atom is 0.236 e. The van der Waals surface area contributed by atoms with E-state index in [0.29, 0.717) is 39.3 Å². The number of carbonyl (C=O) groups excluding carboxylic acids is 2. The van der Waals surface area contributed by atoms with E-state index < -0.39 is 0 Å². The molecule has 0 spiro atoms. The maximum atomic E-state index is 13.9. The van der Waals surface area contributed by atoms with Crippen LogP contribution in [0.1, 0.15) is 240 Å². The Kier molecular flexibility index (Phi) is 39.9. The molecule has 0 N–H and O–H groups in total. The minimum Gasteiger partial charge on any atom is -0.338 e. The molecular weight excluding hydrogens is 727 g/mol. The van der Waals surface area contributed by atoms with Crippen LogP contribution in [-0.4, -0.2) is 121 Å². The molecule has 0 aromatic carbocycles. The van der Waals surface area contributed by atoms with E-state index in [1.807, 2.05) is 0 Å². The fourth-order valence-corrected chi connectivity index (χ4v) is 8.88. The van der Waals surface area contributed by atoms with Crippen molar-refractivity contribution in [2.45, 2.75) is 240 Å². The van der Waals surface area contributed by atoms with Crippen molar-refractivity contribution < 1.29 is 9.59 Å². The van der Waals surface area contributed by atoms with Gasteiger partial charge >= 0.3 is 0 Å². The highest BCUT2D eigenvalue weighted by molar-refractivity contribution is 5.80. The molecule has 0 atom stereocenters. The lowest BCUT2D eigenvalue weighted by molar-refractivity contribution is -0.140. The number of rotatable bonds is 44. The van der Waals surface area contributed by atoms with Crippen molar-refractivity contribution in [2.75, 3.05) is 85.1 Å². The van der Waals surface area contributed by atoms with E-state index in [2.05, 4.69) is 59.1 Å². The second-order valence-electron chi connectivity index (χ2n) is 18.7. The monoisotopic (exact) mass is 832 g/mol. The van der Waals surface area contributed by atoms with Gasteiger partial charge in [-0.2, -0.15) is 0 Å². The molecule has 1 aliphatic heterocycles. The summed E-state index contributed by atoms with van der Waals surface area (Å²) in [4.78, 5) is 39.3. The molecule has 1 fully saturated rings. The largest absolute Gasteiger partial charge is 0.338 e. The molecule has 0 radical (unpaired) electrons. The van der Waals surface area contributed by atoms with Gasteiger partial charge in [0.15, 0.2) is 0 Å². The Hall–Kier alpha value is -1.18. The van der Waals surface area contributed by atoms with E-state index in [0.717, 1.165) is 32.7 Å². The summed E-state index contributed by atoms with van der Waals surface area (Å²) >= 11 is 0. The van der Waals surface area contributed by atoms with E-state index in [1.165, 1.54) is 219 Å². The minimum atomic E-state index is 0.262. The first-order valence-corrected chi connectivity index (χ1v) is 26.7. The average Bonchev–Trinajstić information content (AvgIpc) is 3.25. The average molecular weight is 832 g/mol. The van der Waals surface area contributed by atoms with Crippen LogP contribution in [0.25, 0.3) is 0 Å². The SMILES string of the molecule is CCCCCCCCCN(CCCCCCCCC)CCN(CCCCCCCCC)CC(=O)N1CCN(C(=O)CN(CCCCCC)CCCCCCCCC)CC1. The molecule has 7 nitrogen and oxygen atoms in total. The number of amides is 2. The van der Waals surface area contributed by atoms with Gasteiger partial charge < -0.3 is 14.7 Å². The molecule has 1 aliphatic rings. The molecule has 0 aliphatic carbocycles. The molecule has 1 saturated heterocycles. The molecule has 59 heavy (non-hydrogen) atoms. The third-order valence-corrected chi connectivity index (χ3v) is 13.1. The Labute approximate surface area is 369 Å². The highest BCUT2D eigenvalue weighted by Crippen LogP contribution is 2.14. The summed E-state index contributed by atoms with van der Waals surface area (Å²) in [5.41, 5.74) is 0. The van der Waals surface area contributed by atoms with Crippen LogP contribution in [0.5, 0.6) is 0 Å². The zero-order chi connectivity index (χ0) is 42.9. The van der Waals surface area contributed by atoms with Gasteiger partial charge in [0.1, 0.15) is 0 Å². The van der Waals surface area contributed by atoms with Gasteiger partial charge in [-0.25, -0.2) is 0 Å². The van der Waals surface area contributed by atoms with Gasteiger partial charge in [-0.15, -0.1) is 0 Å². The van der Waals surface area contributed by atoms with Crippen LogP contribution in [-0.2, 0) is 9.59 Å². The van der Waals surface area contributed by atoms with E-state index in [-0.39, 0.29) is 11.8 Å². The van der Waals surface area contributed by atoms with Gasteiger partial charge in [-0.05, 0) is 64.8 Å². The summed E-state index contributed by atoms with van der Waals surface area (Å²) in [6, 6.07) is 0. The second kappa shape index (κ2) is 42.1. The Morgan fingerprint density at radius 2 is 0.492 bits per heavy atom. The van der Waals surface area contributed by atoms with Crippen molar-refractivity contribution in [1.29, 1.82) is 0 Å². The number of hydrogen-bond acceptors (Lipinski definition) is 5. The van der Waals surface area contributed by atoms with Gasteiger partial charge in [-0.1, -0.05) is 208 Å². The predicted molar refractivity (Wildman–Crippen MR) is 259 cm³/mol. The topological polar surface area (TPSA) is 50.3 Å². The molecule has 0 aromatic heterocycles. The third kappa shape index (κ3) is 33.1. The molecule has 1 heterocycles. The third-order valence-electron chi connectivity index (χ3n) is 13.1. The number of piperazine rings is 1. The quantitative estimate of drug-likeness (QED) is 0.0573. The minimum absolute atomic E-state index is 0.262. The van der Waals surface area contributed by atoms with Crippen molar-refractivity contribution in [3.05, 3.63) is 0 Å². The molecule has 2 amide bonds. The van der Waals surface area contributed by atoms with E-state index in [4.69, 9.17) is 0 Å². The van der Waals surface area contributed by atoms with Crippen LogP contribution in [0.2, 0.25) is 0 Å². The van der Waals surface area contributed by atoms with Gasteiger partial charge in [-0.3, -0.25) is 19.4 Å². The van der Waals surface area contributed by atoms with Crippen LogP contribution in [0.4, 0.5) is 0 Å². The van der Waals surface area contributed by atoms with Crippen LogP contribution < -0.4 is 0 Å². The van der Waals surface area contributed by atoms with Crippen LogP contribution in [0, 0.1) is 0 Å². The Morgan fingerprint density at radius 1 is 0.288 bits per heavy atom. The first-order valence-electron chi connectivity index (χ1n) is 26.7. The van der Waals surface area contributed by atoms with E-state index >= 15 is 0 Å². The number of hydrogen-bond donors (Lipinski definition) is 0. The van der Waals surface area contributed by atoms with Crippen LogP contribution in [0.15, 0.2) is 0 Å². The standard InChI is InChI=1S/C52H105N5O2/c1-6-11-16-21-25-29-34-38-53(39-35-30-26-22-17-12-7-2)43-44-55(42-37-32-28-24-19-14-9-4)50-52(59)57-47-45-56(46-48-57)51(58)49-54(40-33-20-15-10-5)41-36-31-27-23-18-13-8-3/h6-50H2,1-5H3. The summed E-state index contributed by atoms with van der Waals surface area (Å²) in [5.74, 6) is 0.528. The molecule has 350 valence electrons. The van der Waals surface area contributed by atoms with Gasteiger partial charge in [0.05, 0.1) is 13.1 Å². The van der Waals surface area contributed by atoms with Crippen molar-refractivity contribution in [3.63, 3.8) is 0 Å². The highest BCUT2D eigenvalue weighted by atomic mass is 16.2. The van der Waals surface area contributed by atoms with Gasteiger partial charge in [0.25, 0.3) is 0 Å². The summed E-state index contributed by atoms with van der Waals surface area (Å²) in [6.07, 6.45) is 42.2. The molecular formula is C52H105N5O2. The fourth-order valence-electron chi connectivity index (χ4n) is 8.88. The van der Waals surface area contributed by atoms with Crippen molar-refractivity contribution in [3.8, 4) is 0 Å².